The lowest BCUT2D eigenvalue weighted by atomic mass is 10.0. The second-order valence-corrected chi connectivity index (χ2v) is 22.3. The van der Waals surface area contributed by atoms with Gasteiger partial charge in [-0.3, -0.25) is 9.59 Å². The molecule has 0 saturated heterocycles. The zero-order valence-corrected chi connectivity index (χ0v) is 53.3. The predicted octanol–water partition coefficient (Wildman–Crippen LogP) is 20.1. The number of hydrogen-bond acceptors (Lipinski definition) is 7. The molecule has 0 heterocycles. The number of carboxylic acid groups (broad SMARTS) is 1. The summed E-state index contributed by atoms with van der Waals surface area (Å²) in [6.07, 6.45) is 90.5. The van der Waals surface area contributed by atoms with Gasteiger partial charge in [-0.25, -0.2) is 4.79 Å². The summed E-state index contributed by atoms with van der Waals surface area (Å²) in [6.45, 7) is 4.59. The molecule has 0 amide bonds. The van der Waals surface area contributed by atoms with Crippen molar-refractivity contribution >= 4 is 17.9 Å². The van der Waals surface area contributed by atoms with E-state index in [1.165, 1.54) is 77.0 Å². The van der Waals surface area contributed by atoms with Crippen molar-refractivity contribution in [2.75, 3.05) is 47.5 Å². The summed E-state index contributed by atoms with van der Waals surface area (Å²) < 4.78 is 22.9. The SMILES string of the molecule is CC/C=C\C/C=C\C/C=C\C/C=C\C/C=C\C/C=C\C/C=C\CCCCCC(=O)OC(COC(=O)CCCCCCCCCCCCCCCC/C=C\C/C=C\C/C=C\C/C=C\C/C=C\C/C=C\CC)COC(OCC[N+](C)(C)C)C(=O)O. The van der Waals surface area contributed by atoms with Gasteiger partial charge in [0.15, 0.2) is 6.10 Å². The van der Waals surface area contributed by atoms with E-state index in [1.807, 2.05) is 21.1 Å². The van der Waals surface area contributed by atoms with Crippen molar-refractivity contribution in [2.24, 2.45) is 0 Å². The number of carbonyl (C=O) groups excluding carboxylic acids is 2. The minimum atomic E-state index is -1.53. The monoisotopic (exact) mass is 1150 g/mol. The second kappa shape index (κ2) is 62.9. The summed E-state index contributed by atoms with van der Waals surface area (Å²) in [5.41, 5.74) is 0. The molecule has 0 bridgehead atoms. The molecule has 0 rings (SSSR count). The van der Waals surface area contributed by atoms with Gasteiger partial charge in [-0.05, 0) is 122 Å². The lowest BCUT2D eigenvalue weighted by molar-refractivity contribution is -0.870. The van der Waals surface area contributed by atoms with Gasteiger partial charge in [-0.2, -0.15) is 0 Å². The number of unbranched alkanes of at least 4 members (excludes halogenated alkanes) is 17. The maximum Gasteiger partial charge on any atom is 0.361 e. The fourth-order valence-corrected chi connectivity index (χ4v) is 8.35. The van der Waals surface area contributed by atoms with Crippen LogP contribution in [0.3, 0.4) is 0 Å². The molecule has 9 nitrogen and oxygen atoms in total. The molecule has 0 aromatic carbocycles. The molecule has 9 heteroatoms. The van der Waals surface area contributed by atoms with Crippen molar-refractivity contribution in [2.45, 2.75) is 245 Å². The summed E-state index contributed by atoms with van der Waals surface area (Å²) in [6, 6.07) is 0. The Bertz CT molecular complexity index is 1920. The van der Waals surface area contributed by atoms with Gasteiger partial charge in [0.25, 0.3) is 6.29 Å². The van der Waals surface area contributed by atoms with Crippen LogP contribution in [0.5, 0.6) is 0 Å². The molecule has 0 saturated carbocycles. The smallest absolute Gasteiger partial charge is 0.361 e. The number of carbonyl (C=O) groups is 3. The lowest BCUT2D eigenvalue weighted by Crippen LogP contribution is -2.40. The average molecular weight is 1150 g/mol. The van der Waals surface area contributed by atoms with Crippen molar-refractivity contribution in [3.05, 3.63) is 158 Å². The summed E-state index contributed by atoms with van der Waals surface area (Å²) in [7, 11) is 5.95. The van der Waals surface area contributed by atoms with Crippen LogP contribution in [0.4, 0.5) is 0 Å². The van der Waals surface area contributed by atoms with E-state index >= 15 is 0 Å². The highest BCUT2D eigenvalue weighted by atomic mass is 16.7. The van der Waals surface area contributed by atoms with Gasteiger partial charge in [-0.15, -0.1) is 0 Å². The Morgan fingerprint density at radius 1 is 0.361 bits per heavy atom. The van der Waals surface area contributed by atoms with Crippen LogP contribution < -0.4 is 0 Å². The maximum absolute atomic E-state index is 12.9. The lowest BCUT2D eigenvalue weighted by Gasteiger charge is -2.25. The van der Waals surface area contributed by atoms with E-state index in [9.17, 15) is 19.5 Å². The van der Waals surface area contributed by atoms with E-state index in [0.717, 1.165) is 122 Å². The zero-order chi connectivity index (χ0) is 60.5. The van der Waals surface area contributed by atoms with Crippen LogP contribution in [-0.2, 0) is 33.3 Å². The average Bonchev–Trinajstić information content (AvgIpc) is 3.46. The zero-order valence-electron chi connectivity index (χ0n) is 53.3. The highest BCUT2D eigenvalue weighted by Gasteiger charge is 2.25. The van der Waals surface area contributed by atoms with E-state index in [2.05, 4.69) is 172 Å². The van der Waals surface area contributed by atoms with Crippen LogP contribution >= 0.6 is 0 Å². The minimum Gasteiger partial charge on any atom is -0.477 e. The quantitative estimate of drug-likeness (QED) is 0.0211. The molecule has 0 aliphatic carbocycles. The molecule has 0 radical (unpaired) electrons. The molecule has 468 valence electrons. The van der Waals surface area contributed by atoms with E-state index < -0.39 is 24.3 Å². The van der Waals surface area contributed by atoms with Crippen LogP contribution in [0.25, 0.3) is 0 Å². The Labute approximate surface area is 508 Å². The number of ether oxygens (including phenoxy) is 4. The predicted molar refractivity (Wildman–Crippen MR) is 354 cm³/mol. The van der Waals surface area contributed by atoms with Gasteiger partial charge in [0.1, 0.15) is 13.2 Å². The number of allylic oxidation sites excluding steroid dienone is 26. The molecular formula is C74H120NO8+. The number of carboxylic acids is 1. The largest absolute Gasteiger partial charge is 0.477 e. The first-order chi connectivity index (χ1) is 40.6. The van der Waals surface area contributed by atoms with Crippen LogP contribution in [0, 0.1) is 0 Å². The highest BCUT2D eigenvalue weighted by molar-refractivity contribution is 5.71. The Kier molecular flexibility index (Phi) is 59.1. The summed E-state index contributed by atoms with van der Waals surface area (Å²) in [5, 5.41) is 9.73. The van der Waals surface area contributed by atoms with Crippen molar-refractivity contribution in [3.8, 4) is 0 Å². The molecule has 83 heavy (non-hydrogen) atoms. The fraction of sp³-hybridized carbons (Fsp3) is 0.608. The third-order valence-corrected chi connectivity index (χ3v) is 13.3. The standard InChI is InChI=1S/C74H119NO8/c1-6-8-10-12-14-16-18-20-22-24-26-28-30-32-33-34-35-36-37-38-39-41-42-44-46-48-50-52-54-56-58-60-62-64-71(76)81-68-70(69-82-74(73(78)79)80-67-66-75(3,4)5)83-72(77)65-63-61-59-57-55-53-51-49-47-45-43-40-31-29-27-25-23-21-19-17-15-13-11-9-7-2/h8-11,14-17,20-23,26-29,32-33,35-36,40,43,47,49,53,55,70,74H,6-7,12-13,18-19,24-25,30-31,34,37-39,41-42,44-46,48,50-52,54,56-69H2,1-5H3/p+1/b10-8-,11-9-,16-14-,17-15-,22-20-,23-21-,28-26-,29-27-,33-32-,36-35-,43-40-,49-47-,55-53-. The molecule has 0 aromatic rings. The molecule has 2 atom stereocenters. The molecule has 2 unspecified atom stereocenters. The molecule has 0 aliphatic heterocycles. The molecule has 0 aliphatic rings. The number of aliphatic carboxylic acids is 1. The van der Waals surface area contributed by atoms with E-state index in [-0.39, 0.29) is 38.6 Å². The third-order valence-electron chi connectivity index (χ3n) is 13.3. The maximum atomic E-state index is 12.9. The molecular weight excluding hydrogens is 1030 g/mol. The van der Waals surface area contributed by atoms with Crippen LogP contribution in [0.15, 0.2) is 158 Å². The first kappa shape index (κ1) is 77.9. The van der Waals surface area contributed by atoms with E-state index in [1.54, 1.807) is 0 Å². The first-order valence-electron chi connectivity index (χ1n) is 32.6. The second-order valence-electron chi connectivity index (χ2n) is 22.3. The first-order valence-corrected chi connectivity index (χ1v) is 32.6. The number of likely N-dealkylation sites (N-methyl/N-ethyl adjacent to an activating group) is 1. The van der Waals surface area contributed by atoms with Crippen molar-refractivity contribution in [1.82, 2.24) is 0 Å². The van der Waals surface area contributed by atoms with Gasteiger partial charge in [0.05, 0.1) is 34.4 Å². The summed E-state index contributed by atoms with van der Waals surface area (Å²) in [5.74, 6) is -2.07. The number of hydrogen-bond donors (Lipinski definition) is 1. The van der Waals surface area contributed by atoms with E-state index in [4.69, 9.17) is 18.9 Å². The molecule has 0 spiro atoms. The number of esters is 2. The Morgan fingerprint density at radius 3 is 0.976 bits per heavy atom. The van der Waals surface area contributed by atoms with Gasteiger partial charge >= 0.3 is 17.9 Å². The van der Waals surface area contributed by atoms with Gasteiger partial charge in [0.2, 0.25) is 0 Å². The highest BCUT2D eigenvalue weighted by Crippen LogP contribution is 2.15. The van der Waals surface area contributed by atoms with Crippen molar-refractivity contribution in [3.63, 3.8) is 0 Å². The van der Waals surface area contributed by atoms with Gasteiger partial charge < -0.3 is 28.5 Å². The molecule has 0 aromatic heterocycles. The third kappa shape index (κ3) is 64.3. The normalized spacial score (nSPS) is 13.8. The minimum absolute atomic E-state index is 0.172. The molecule has 0 fully saturated rings. The number of nitrogens with zero attached hydrogens (tertiary/aromatic N) is 1. The van der Waals surface area contributed by atoms with Crippen molar-refractivity contribution < 1.29 is 42.9 Å². The van der Waals surface area contributed by atoms with Gasteiger partial charge in [-0.1, -0.05) is 255 Å². The Balaban J connectivity index is 4.24. The van der Waals surface area contributed by atoms with Crippen LogP contribution in [0.1, 0.15) is 232 Å². The van der Waals surface area contributed by atoms with Crippen LogP contribution in [0.2, 0.25) is 0 Å². The number of rotatable bonds is 58. The Hall–Kier alpha value is -5.09. The van der Waals surface area contributed by atoms with Crippen molar-refractivity contribution in [1.29, 1.82) is 0 Å². The van der Waals surface area contributed by atoms with E-state index in [0.29, 0.717) is 17.4 Å². The Morgan fingerprint density at radius 2 is 0.651 bits per heavy atom. The fourth-order valence-electron chi connectivity index (χ4n) is 8.35. The van der Waals surface area contributed by atoms with Crippen LogP contribution in [-0.4, -0.2) is 87.4 Å². The summed E-state index contributed by atoms with van der Waals surface area (Å²) >= 11 is 0. The molecule has 1 N–H and O–H groups in total. The van der Waals surface area contributed by atoms with Gasteiger partial charge in [0, 0.05) is 12.8 Å². The number of quaternary nitrogens is 1. The summed E-state index contributed by atoms with van der Waals surface area (Å²) in [4.78, 5) is 37.6. The topological polar surface area (TPSA) is 108 Å².